The summed E-state index contributed by atoms with van der Waals surface area (Å²) < 4.78 is 0.472. The SMILES string of the molecule is Cc1ccc(CNCC2(C)CCCS2)cc1C. The third-order valence-electron chi connectivity index (χ3n) is 3.70. The lowest BCUT2D eigenvalue weighted by Crippen LogP contribution is -2.32. The van der Waals surface area contributed by atoms with Crippen molar-refractivity contribution >= 4 is 11.8 Å². The van der Waals surface area contributed by atoms with E-state index in [1.54, 1.807) is 0 Å². The molecule has 0 saturated carbocycles. The fourth-order valence-electron chi connectivity index (χ4n) is 2.36. The molecule has 0 radical (unpaired) electrons. The van der Waals surface area contributed by atoms with Crippen molar-refractivity contribution in [2.75, 3.05) is 12.3 Å². The summed E-state index contributed by atoms with van der Waals surface area (Å²) in [6.45, 7) is 8.87. The van der Waals surface area contributed by atoms with Crippen LogP contribution in [0.1, 0.15) is 36.5 Å². The predicted molar refractivity (Wildman–Crippen MR) is 77.7 cm³/mol. The van der Waals surface area contributed by atoms with Crippen LogP contribution in [0.25, 0.3) is 0 Å². The molecule has 94 valence electrons. The smallest absolute Gasteiger partial charge is 0.0256 e. The van der Waals surface area contributed by atoms with E-state index in [0.717, 1.165) is 13.1 Å². The fourth-order valence-corrected chi connectivity index (χ4v) is 3.64. The van der Waals surface area contributed by atoms with Gasteiger partial charge in [-0.1, -0.05) is 18.2 Å². The van der Waals surface area contributed by atoms with Crippen LogP contribution in [0, 0.1) is 13.8 Å². The molecular weight excluding hydrogens is 226 g/mol. The summed E-state index contributed by atoms with van der Waals surface area (Å²) in [6.07, 6.45) is 2.74. The van der Waals surface area contributed by atoms with Gasteiger partial charge in [0.2, 0.25) is 0 Å². The third kappa shape index (κ3) is 3.49. The normalized spacial score (nSPS) is 24.2. The number of benzene rings is 1. The highest BCUT2D eigenvalue weighted by Crippen LogP contribution is 2.36. The second kappa shape index (κ2) is 5.45. The number of hydrogen-bond donors (Lipinski definition) is 1. The Morgan fingerprint density at radius 1 is 1.29 bits per heavy atom. The molecule has 1 aromatic carbocycles. The van der Waals surface area contributed by atoms with Gasteiger partial charge in [0, 0.05) is 17.8 Å². The van der Waals surface area contributed by atoms with Gasteiger partial charge in [0.25, 0.3) is 0 Å². The molecule has 2 heteroatoms. The first-order valence-electron chi connectivity index (χ1n) is 6.50. The van der Waals surface area contributed by atoms with Crippen LogP contribution in [0.3, 0.4) is 0 Å². The monoisotopic (exact) mass is 249 g/mol. The summed E-state index contributed by atoms with van der Waals surface area (Å²) in [7, 11) is 0. The lowest BCUT2D eigenvalue weighted by molar-refractivity contribution is 0.537. The van der Waals surface area contributed by atoms with E-state index in [1.807, 2.05) is 0 Å². The molecule has 0 bridgehead atoms. The standard InChI is InChI=1S/C15H23NS/c1-12-5-6-14(9-13(12)2)10-16-11-15(3)7-4-8-17-15/h5-6,9,16H,4,7-8,10-11H2,1-3H3. The summed E-state index contributed by atoms with van der Waals surface area (Å²) in [4.78, 5) is 0. The number of hydrogen-bond acceptors (Lipinski definition) is 2. The Bertz CT molecular complexity index is 381. The van der Waals surface area contributed by atoms with Crippen LogP contribution in [0.5, 0.6) is 0 Å². The molecule has 1 aromatic rings. The highest BCUT2D eigenvalue weighted by Gasteiger charge is 2.28. The van der Waals surface area contributed by atoms with E-state index in [9.17, 15) is 0 Å². The molecule has 1 unspecified atom stereocenters. The maximum atomic E-state index is 3.61. The summed E-state index contributed by atoms with van der Waals surface area (Å²) in [5.41, 5.74) is 4.18. The van der Waals surface area contributed by atoms with Crippen molar-refractivity contribution in [1.82, 2.24) is 5.32 Å². The zero-order chi connectivity index (χ0) is 12.3. The van der Waals surface area contributed by atoms with E-state index < -0.39 is 0 Å². The summed E-state index contributed by atoms with van der Waals surface area (Å²) in [5, 5.41) is 3.61. The number of nitrogens with one attached hydrogen (secondary N) is 1. The van der Waals surface area contributed by atoms with Crippen molar-refractivity contribution < 1.29 is 0 Å². The van der Waals surface area contributed by atoms with Gasteiger partial charge in [-0.05, 0) is 56.1 Å². The minimum atomic E-state index is 0.472. The van der Waals surface area contributed by atoms with Crippen LogP contribution in [0.15, 0.2) is 18.2 Å². The first kappa shape index (κ1) is 13.0. The topological polar surface area (TPSA) is 12.0 Å². The van der Waals surface area contributed by atoms with Gasteiger partial charge in [0.05, 0.1) is 0 Å². The molecule has 1 fully saturated rings. The number of aryl methyl sites for hydroxylation is 2. The Balaban J connectivity index is 1.83. The largest absolute Gasteiger partial charge is 0.311 e. The Hall–Kier alpha value is -0.470. The van der Waals surface area contributed by atoms with Crippen LogP contribution < -0.4 is 5.32 Å². The van der Waals surface area contributed by atoms with Crippen LogP contribution in [0.4, 0.5) is 0 Å². The van der Waals surface area contributed by atoms with Crippen molar-refractivity contribution in [2.45, 2.75) is 44.9 Å². The maximum Gasteiger partial charge on any atom is 0.0256 e. The van der Waals surface area contributed by atoms with E-state index >= 15 is 0 Å². The van der Waals surface area contributed by atoms with E-state index in [2.05, 4.69) is 56.0 Å². The molecule has 17 heavy (non-hydrogen) atoms. The molecule has 1 N–H and O–H groups in total. The highest BCUT2D eigenvalue weighted by atomic mass is 32.2. The summed E-state index contributed by atoms with van der Waals surface area (Å²) in [6, 6.07) is 6.75. The molecule has 2 rings (SSSR count). The molecule has 1 aliphatic heterocycles. The minimum absolute atomic E-state index is 0.472. The van der Waals surface area contributed by atoms with Gasteiger partial charge in [0.15, 0.2) is 0 Å². The van der Waals surface area contributed by atoms with Gasteiger partial charge in [-0.25, -0.2) is 0 Å². The van der Waals surface area contributed by atoms with Crippen LogP contribution >= 0.6 is 11.8 Å². The zero-order valence-electron chi connectivity index (χ0n) is 11.2. The average Bonchev–Trinajstić information content (AvgIpc) is 2.71. The van der Waals surface area contributed by atoms with Crippen molar-refractivity contribution in [3.8, 4) is 0 Å². The lowest BCUT2D eigenvalue weighted by atomic mass is 10.0. The summed E-state index contributed by atoms with van der Waals surface area (Å²) in [5.74, 6) is 1.34. The minimum Gasteiger partial charge on any atom is -0.311 e. The van der Waals surface area contributed by atoms with Crippen molar-refractivity contribution in [1.29, 1.82) is 0 Å². The quantitative estimate of drug-likeness (QED) is 0.873. The molecule has 0 aromatic heterocycles. The molecule has 1 saturated heterocycles. The van der Waals surface area contributed by atoms with Gasteiger partial charge < -0.3 is 5.32 Å². The highest BCUT2D eigenvalue weighted by molar-refractivity contribution is 8.00. The van der Waals surface area contributed by atoms with Gasteiger partial charge in [-0.2, -0.15) is 11.8 Å². The number of rotatable bonds is 4. The van der Waals surface area contributed by atoms with Crippen molar-refractivity contribution in [3.63, 3.8) is 0 Å². The van der Waals surface area contributed by atoms with E-state index in [-0.39, 0.29) is 0 Å². The Morgan fingerprint density at radius 2 is 2.12 bits per heavy atom. The molecule has 1 atom stereocenters. The second-order valence-electron chi connectivity index (χ2n) is 5.42. The van der Waals surface area contributed by atoms with Crippen molar-refractivity contribution in [2.24, 2.45) is 0 Å². The molecule has 0 aliphatic carbocycles. The molecule has 1 aliphatic rings. The van der Waals surface area contributed by atoms with Crippen LogP contribution in [0.2, 0.25) is 0 Å². The Morgan fingerprint density at radius 3 is 2.76 bits per heavy atom. The van der Waals surface area contributed by atoms with E-state index in [4.69, 9.17) is 0 Å². The second-order valence-corrected chi connectivity index (χ2v) is 7.11. The predicted octanol–water partition coefficient (Wildman–Crippen LogP) is 3.68. The molecule has 1 heterocycles. The van der Waals surface area contributed by atoms with Crippen LogP contribution in [-0.4, -0.2) is 17.0 Å². The van der Waals surface area contributed by atoms with Gasteiger partial charge >= 0.3 is 0 Å². The number of thioether (sulfide) groups is 1. The molecule has 0 spiro atoms. The summed E-state index contributed by atoms with van der Waals surface area (Å²) >= 11 is 2.12. The van der Waals surface area contributed by atoms with Gasteiger partial charge in [0.1, 0.15) is 0 Å². The van der Waals surface area contributed by atoms with E-state index in [0.29, 0.717) is 4.75 Å². The first-order valence-corrected chi connectivity index (χ1v) is 7.48. The zero-order valence-corrected chi connectivity index (χ0v) is 12.0. The van der Waals surface area contributed by atoms with Crippen LogP contribution in [-0.2, 0) is 6.54 Å². The fraction of sp³-hybridized carbons (Fsp3) is 0.600. The van der Waals surface area contributed by atoms with E-state index in [1.165, 1.54) is 35.3 Å². The average molecular weight is 249 g/mol. The molecule has 0 amide bonds. The third-order valence-corrected chi connectivity index (χ3v) is 5.24. The molecule has 1 nitrogen and oxygen atoms in total. The van der Waals surface area contributed by atoms with Gasteiger partial charge in [-0.3, -0.25) is 0 Å². The first-order chi connectivity index (χ1) is 8.09. The Kier molecular flexibility index (Phi) is 4.16. The Labute approximate surface area is 109 Å². The lowest BCUT2D eigenvalue weighted by Gasteiger charge is -2.23. The van der Waals surface area contributed by atoms with Crippen molar-refractivity contribution in [3.05, 3.63) is 34.9 Å². The molecular formula is C15H23NS. The maximum absolute atomic E-state index is 3.61. The van der Waals surface area contributed by atoms with Gasteiger partial charge in [-0.15, -0.1) is 0 Å².